The van der Waals surface area contributed by atoms with Crippen LogP contribution in [0.4, 0.5) is 8.78 Å². The van der Waals surface area contributed by atoms with E-state index in [4.69, 9.17) is 0 Å². The Morgan fingerprint density at radius 3 is 2.55 bits per heavy atom. The van der Waals surface area contributed by atoms with Gasteiger partial charge in [0.25, 0.3) is 0 Å². The van der Waals surface area contributed by atoms with Gasteiger partial charge in [0.2, 0.25) is 17.7 Å². The Balaban J connectivity index is 1.52. The van der Waals surface area contributed by atoms with Crippen LogP contribution >= 0.6 is 0 Å². The van der Waals surface area contributed by atoms with Gasteiger partial charge in [-0.05, 0) is 17.2 Å². The summed E-state index contributed by atoms with van der Waals surface area (Å²) in [6, 6.07) is 10.2. The number of halogens is 2. The molecule has 31 heavy (non-hydrogen) atoms. The number of carbonyl (C=O) groups excluding carboxylic acids is 3. The molecular formula is C23H23F2N3O3. The second-order valence-corrected chi connectivity index (χ2v) is 8.02. The number of rotatable bonds is 4. The lowest BCUT2D eigenvalue weighted by Crippen LogP contribution is -2.59. The maximum atomic E-state index is 14.1. The smallest absolute Gasteiger partial charge is 0.243 e. The number of likely N-dealkylation sites (tertiary alicyclic amines) is 1. The first kappa shape index (κ1) is 21.0. The van der Waals surface area contributed by atoms with Gasteiger partial charge >= 0.3 is 0 Å². The van der Waals surface area contributed by atoms with Crippen molar-refractivity contribution in [3.05, 3.63) is 59.7 Å². The molecule has 0 aliphatic carbocycles. The second-order valence-electron chi connectivity index (χ2n) is 8.02. The van der Waals surface area contributed by atoms with Gasteiger partial charge in [0.05, 0.1) is 5.92 Å². The van der Waals surface area contributed by atoms with Crippen LogP contribution in [-0.4, -0.2) is 60.2 Å². The molecule has 2 heterocycles. The van der Waals surface area contributed by atoms with E-state index in [-0.39, 0.29) is 29.7 Å². The summed E-state index contributed by atoms with van der Waals surface area (Å²) >= 11 is 0. The van der Waals surface area contributed by atoms with E-state index in [1.165, 1.54) is 17.0 Å². The standard InChI is InChI=1S/C23H23F2N3O3/c1-27-13-16(12-20(27)29)23(31)28-10-9-26-22(30)19(28)11-14-5-7-15(8-6-14)17-3-2-4-18(24)21(17)25/h2-8,16,19H,9-13H2,1H3,(H,26,30)/t16-,19-/m0/s1. The summed E-state index contributed by atoms with van der Waals surface area (Å²) in [6.45, 7) is 1.11. The fourth-order valence-corrected chi connectivity index (χ4v) is 4.22. The lowest BCUT2D eigenvalue weighted by molar-refractivity contribution is -0.146. The van der Waals surface area contributed by atoms with Gasteiger partial charge < -0.3 is 15.1 Å². The van der Waals surface area contributed by atoms with Crippen LogP contribution in [0.25, 0.3) is 11.1 Å². The van der Waals surface area contributed by atoms with Crippen LogP contribution in [-0.2, 0) is 20.8 Å². The van der Waals surface area contributed by atoms with Crippen LogP contribution in [0.15, 0.2) is 42.5 Å². The third-order valence-electron chi connectivity index (χ3n) is 5.95. The fraction of sp³-hybridized carbons (Fsp3) is 0.348. The highest BCUT2D eigenvalue weighted by Crippen LogP contribution is 2.26. The molecule has 2 aliphatic rings. The molecule has 4 rings (SSSR count). The Morgan fingerprint density at radius 1 is 1.13 bits per heavy atom. The number of nitrogens with zero attached hydrogens (tertiary/aromatic N) is 2. The summed E-state index contributed by atoms with van der Waals surface area (Å²) in [4.78, 5) is 40.5. The summed E-state index contributed by atoms with van der Waals surface area (Å²) in [5, 5.41) is 2.79. The van der Waals surface area contributed by atoms with Crippen molar-refractivity contribution >= 4 is 17.7 Å². The zero-order chi connectivity index (χ0) is 22.1. The average Bonchev–Trinajstić information content (AvgIpc) is 3.10. The lowest BCUT2D eigenvalue weighted by Gasteiger charge is -2.36. The molecule has 2 aromatic rings. The highest BCUT2D eigenvalue weighted by molar-refractivity contribution is 5.93. The molecule has 162 valence electrons. The van der Waals surface area contributed by atoms with Crippen LogP contribution in [0.5, 0.6) is 0 Å². The highest BCUT2D eigenvalue weighted by atomic mass is 19.2. The number of nitrogens with one attached hydrogen (secondary N) is 1. The van der Waals surface area contributed by atoms with E-state index in [1.807, 2.05) is 0 Å². The van der Waals surface area contributed by atoms with E-state index in [0.29, 0.717) is 31.6 Å². The summed E-state index contributed by atoms with van der Waals surface area (Å²) < 4.78 is 27.6. The molecule has 0 aromatic heterocycles. The predicted octanol–water partition coefficient (Wildman–Crippen LogP) is 1.98. The van der Waals surface area contributed by atoms with Gasteiger partial charge in [0.1, 0.15) is 6.04 Å². The lowest BCUT2D eigenvalue weighted by atomic mass is 9.97. The molecule has 8 heteroatoms. The zero-order valence-electron chi connectivity index (χ0n) is 17.1. The van der Waals surface area contributed by atoms with Gasteiger partial charge in [-0.25, -0.2) is 8.78 Å². The van der Waals surface area contributed by atoms with Crippen LogP contribution in [0.3, 0.4) is 0 Å². The van der Waals surface area contributed by atoms with E-state index in [9.17, 15) is 23.2 Å². The average molecular weight is 427 g/mol. The van der Waals surface area contributed by atoms with Gasteiger partial charge in [0.15, 0.2) is 11.6 Å². The Labute approximate surface area is 178 Å². The first-order chi connectivity index (χ1) is 14.8. The van der Waals surface area contributed by atoms with E-state index < -0.39 is 23.6 Å². The minimum Gasteiger partial charge on any atom is -0.353 e. The quantitative estimate of drug-likeness (QED) is 0.811. The van der Waals surface area contributed by atoms with Crippen LogP contribution < -0.4 is 5.32 Å². The summed E-state index contributed by atoms with van der Waals surface area (Å²) in [7, 11) is 1.67. The predicted molar refractivity (Wildman–Crippen MR) is 110 cm³/mol. The van der Waals surface area contributed by atoms with Gasteiger partial charge in [-0.3, -0.25) is 14.4 Å². The van der Waals surface area contributed by atoms with Crippen molar-refractivity contribution in [3.63, 3.8) is 0 Å². The molecule has 1 N–H and O–H groups in total. The maximum Gasteiger partial charge on any atom is 0.243 e. The highest BCUT2D eigenvalue weighted by Gasteiger charge is 2.40. The SMILES string of the molecule is CN1C[C@@H](C(=O)N2CCNC(=O)[C@@H]2Cc2ccc(-c3cccc(F)c3F)cc2)CC1=O. The molecule has 0 unspecified atom stereocenters. The van der Waals surface area contributed by atoms with Crippen molar-refractivity contribution in [3.8, 4) is 11.1 Å². The Kier molecular flexibility index (Phi) is 5.71. The van der Waals surface area contributed by atoms with Crippen LogP contribution in [0.2, 0.25) is 0 Å². The third kappa shape index (κ3) is 4.15. The van der Waals surface area contributed by atoms with Crippen LogP contribution in [0.1, 0.15) is 12.0 Å². The molecule has 2 saturated heterocycles. The largest absolute Gasteiger partial charge is 0.353 e. The van der Waals surface area contributed by atoms with Gasteiger partial charge in [-0.15, -0.1) is 0 Å². The number of hydrogen-bond donors (Lipinski definition) is 1. The summed E-state index contributed by atoms with van der Waals surface area (Å²) in [5.41, 5.74) is 1.48. The first-order valence-corrected chi connectivity index (χ1v) is 10.2. The number of benzene rings is 2. The second kappa shape index (κ2) is 8.45. The van der Waals surface area contributed by atoms with Crippen molar-refractivity contribution in [1.82, 2.24) is 15.1 Å². The molecule has 0 spiro atoms. The van der Waals surface area contributed by atoms with Gasteiger partial charge in [-0.2, -0.15) is 0 Å². The van der Waals surface area contributed by atoms with Gasteiger partial charge in [0, 0.05) is 45.1 Å². The number of carbonyl (C=O) groups is 3. The minimum atomic E-state index is -0.911. The normalized spacial score (nSPS) is 21.4. The van der Waals surface area contributed by atoms with E-state index in [0.717, 1.165) is 11.6 Å². The molecular weight excluding hydrogens is 404 g/mol. The van der Waals surface area contributed by atoms with E-state index in [2.05, 4.69) is 5.32 Å². The topological polar surface area (TPSA) is 69.7 Å². The fourth-order valence-electron chi connectivity index (χ4n) is 4.22. The monoisotopic (exact) mass is 427 g/mol. The Morgan fingerprint density at radius 2 is 1.87 bits per heavy atom. The van der Waals surface area contributed by atoms with Crippen molar-refractivity contribution in [2.24, 2.45) is 5.92 Å². The molecule has 3 amide bonds. The zero-order valence-corrected chi connectivity index (χ0v) is 17.1. The molecule has 2 atom stereocenters. The minimum absolute atomic E-state index is 0.0727. The Bertz CT molecular complexity index is 1030. The van der Waals surface area contributed by atoms with Crippen molar-refractivity contribution < 1.29 is 23.2 Å². The Hall–Kier alpha value is -3.29. The third-order valence-corrected chi connectivity index (χ3v) is 5.95. The van der Waals surface area contributed by atoms with Crippen molar-refractivity contribution in [1.29, 1.82) is 0 Å². The summed E-state index contributed by atoms with van der Waals surface area (Å²) in [6.07, 6.45) is 0.452. The number of piperazine rings is 1. The maximum absolute atomic E-state index is 14.1. The van der Waals surface area contributed by atoms with E-state index in [1.54, 1.807) is 36.2 Å². The van der Waals surface area contributed by atoms with Crippen molar-refractivity contribution in [2.45, 2.75) is 18.9 Å². The molecule has 0 radical (unpaired) electrons. The number of amides is 3. The van der Waals surface area contributed by atoms with Gasteiger partial charge in [-0.1, -0.05) is 36.4 Å². The molecule has 2 aliphatic heterocycles. The molecule has 0 saturated carbocycles. The molecule has 2 fully saturated rings. The molecule has 6 nitrogen and oxygen atoms in total. The molecule has 0 bridgehead atoms. The van der Waals surface area contributed by atoms with Crippen molar-refractivity contribution in [2.75, 3.05) is 26.7 Å². The van der Waals surface area contributed by atoms with E-state index >= 15 is 0 Å². The van der Waals surface area contributed by atoms with Crippen LogP contribution in [0, 0.1) is 17.6 Å². The number of hydrogen-bond acceptors (Lipinski definition) is 3. The summed E-state index contributed by atoms with van der Waals surface area (Å²) in [5.74, 6) is -2.75. The molecule has 2 aromatic carbocycles. The first-order valence-electron chi connectivity index (χ1n) is 10.2.